The summed E-state index contributed by atoms with van der Waals surface area (Å²) in [6.45, 7) is 4.08. The van der Waals surface area contributed by atoms with Gasteiger partial charge in [-0.2, -0.15) is 13.2 Å². The van der Waals surface area contributed by atoms with E-state index in [1.807, 2.05) is 18.2 Å². The van der Waals surface area contributed by atoms with E-state index in [1.165, 1.54) is 11.6 Å². The minimum absolute atomic E-state index is 0.0820. The summed E-state index contributed by atoms with van der Waals surface area (Å²) in [5.74, 6) is -0.0947. The van der Waals surface area contributed by atoms with Gasteiger partial charge in [0.15, 0.2) is 0 Å². The van der Waals surface area contributed by atoms with Crippen molar-refractivity contribution in [3.63, 3.8) is 0 Å². The topological polar surface area (TPSA) is 49.8 Å². The van der Waals surface area contributed by atoms with Gasteiger partial charge in [0.25, 0.3) is 0 Å². The molecular formula is C31H35ClF3NO3. The molecule has 210 valence electrons. The summed E-state index contributed by atoms with van der Waals surface area (Å²) in [7, 11) is 0. The molecular weight excluding hydrogens is 527 g/mol. The van der Waals surface area contributed by atoms with Crippen molar-refractivity contribution in [2.24, 2.45) is 0 Å². The molecule has 1 N–H and O–H groups in total. The Kier molecular flexibility index (Phi) is 11.7. The molecule has 8 heteroatoms. The van der Waals surface area contributed by atoms with E-state index in [1.54, 1.807) is 30.3 Å². The van der Waals surface area contributed by atoms with Gasteiger partial charge in [0.05, 0.1) is 23.6 Å². The van der Waals surface area contributed by atoms with Crippen molar-refractivity contribution in [1.82, 2.24) is 4.90 Å². The summed E-state index contributed by atoms with van der Waals surface area (Å²) in [6, 6.07) is 21.2. The molecule has 0 heterocycles. The molecule has 0 spiro atoms. The lowest BCUT2D eigenvalue weighted by molar-refractivity contribution is -0.138. The smallest absolute Gasteiger partial charge is 0.417 e. The Bertz CT molecular complexity index is 1190. The van der Waals surface area contributed by atoms with Crippen LogP contribution < -0.4 is 4.74 Å². The maximum absolute atomic E-state index is 13.5. The van der Waals surface area contributed by atoms with Crippen LogP contribution in [0.5, 0.6) is 5.75 Å². The number of carboxylic acids is 1. The van der Waals surface area contributed by atoms with Crippen LogP contribution in [0.15, 0.2) is 72.8 Å². The Labute approximate surface area is 233 Å². The molecule has 3 rings (SSSR count). The predicted octanol–water partition coefficient (Wildman–Crippen LogP) is 8.23. The quantitative estimate of drug-likeness (QED) is 0.190. The number of carboxylic acid groups (broad SMARTS) is 1. The van der Waals surface area contributed by atoms with Gasteiger partial charge >= 0.3 is 12.1 Å². The standard InChI is InChI=1S/C31H35ClF3NO3/c1-2-3-11-25(24-12-5-4-6-13-24)21-36(22-26-14-8-16-28(30(26)32)31(33,34)35)17-9-18-39-27-15-7-10-23(19-27)20-29(37)38/h4-8,10,12-16,19,25H,2-3,9,11,17-18,20-22H2,1H3,(H,37,38)/t25-/m1/s1. The van der Waals surface area contributed by atoms with Crippen molar-refractivity contribution in [1.29, 1.82) is 0 Å². The number of halogens is 4. The molecule has 1 atom stereocenters. The molecule has 4 nitrogen and oxygen atoms in total. The Morgan fingerprint density at radius 3 is 2.46 bits per heavy atom. The average Bonchev–Trinajstić information content (AvgIpc) is 2.89. The second kappa shape index (κ2) is 14.9. The highest BCUT2D eigenvalue weighted by molar-refractivity contribution is 6.32. The van der Waals surface area contributed by atoms with Gasteiger partial charge in [-0.15, -0.1) is 0 Å². The molecule has 0 unspecified atom stereocenters. The van der Waals surface area contributed by atoms with Crippen LogP contribution in [0.4, 0.5) is 13.2 Å². The van der Waals surface area contributed by atoms with Crippen molar-refractivity contribution >= 4 is 17.6 Å². The lowest BCUT2D eigenvalue weighted by atomic mass is 9.92. The first-order chi connectivity index (χ1) is 18.7. The zero-order valence-corrected chi connectivity index (χ0v) is 22.8. The summed E-state index contributed by atoms with van der Waals surface area (Å²) < 4.78 is 46.4. The minimum atomic E-state index is -4.52. The number of alkyl halides is 3. The predicted molar refractivity (Wildman–Crippen MR) is 148 cm³/mol. The molecule has 0 amide bonds. The van der Waals surface area contributed by atoms with E-state index < -0.39 is 17.7 Å². The van der Waals surface area contributed by atoms with Gasteiger partial charge < -0.3 is 9.84 Å². The number of benzene rings is 3. The molecule has 0 aliphatic rings. The summed E-state index contributed by atoms with van der Waals surface area (Å²) in [6.07, 6.45) is -0.893. The maximum Gasteiger partial charge on any atom is 0.417 e. The molecule has 0 fully saturated rings. The Morgan fingerprint density at radius 1 is 1.03 bits per heavy atom. The van der Waals surface area contributed by atoms with Crippen LogP contribution in [0.3, 0.4) is 0 Å². The number of rotatable bonds is 15. The molecule has 3 aromatic rings. The summed E-state index contributed by atoms with van der Waals surface area (Å²) in [5.41, 5.74) is 1.48. The fourth-order valence-electron chi connectivity index (χ4n) is 4.65. The molecule has 0 aliphatic carbocycles. The zero-order chi connectivity index (χ0) is 28.3. The molecule has 3 aromatic carbocycles. The number of aliphatic carboxylic acids is 1. The first-order valence-corrected chi connectivity index (χ1v) is 13.6. The van der Waals surface area contributed by atoms with E-state index in [4.69, 9.17) is 21.4 Å². The van der Waals surface area contributed by atoms with E-state index in [-0.39, 0.29) is 23.9 Å². The van der Waals surface area contributed by atoms with Gasteiger partial charge in [-0.3, -0.25) is 9.69 Å². The van der Waals surface area contributed by atoms with Gasteiger partial charge in [-0.25, -0.2) is 0 Å². The summed E-state index contributed by atoms with van der Waals surface area (Å²) in [5, 5.41) is 8.77. The third kappa shape index (κ3) is 9.90. The van der Waals surface area contributed by atoms with E-state index in [9.17, 15) is 18.0 Å². The van der Waals surface area contributed by atoms with E-state index in [0.717, 1.165) is 25.3 Å². The summed E-state index contributed by atoms with van der Waals surface area (Å²) >= 11 is 6.25. The van der Waals surface area contributed by atoms with Crippen molar-refractivity contribution in [3.8, 4) is 5.75 Å². The third-order valence-corrected chi connectivity index (χ3v) is 7.02. The van der Waals surface area contributed by atoms with Crippen LogP contribution in [0.1, 0.15) is 60.8 Å². The largest absolute Gasteiger partial charge is 0.494 e. The second-order valence-corrected chi connectivity index (χ2v) is 10.1. The Balaban J connectivity index is 1.75. The van der Waals surface area contributed by atoms with Gasteiger partial charge in [0, 0.05) is 19.6 Å². The fourth-order valence-corrected chi connectivity index (χ4v) is 4.94. The van der Waals surface area contributed by atoms with Gasteiger partial charge in [-0.05, 0) is 53.6 Å². The molecule has 0 radical (unpaired) electrons. The minimum Gasteiger partial charge on any atom is -0.494 e. The van der Waals surface area contributed by atoms with Crippen molar-refractivity contribution in [3.05, 3.63) is 100 Å². The number of hydrogen-bond donors (Lipinski definition) is 1. The second-order valence-electron chi connectivity index (χ2n) is 9.68. The molecule has 0 saturated carbocycles. The maximum atomic E-state index is 13.5. The van der Waals surface area contributed by atoms with E-state index >= 15 is 0 Å². The molecule has 0 saturated heterocycles. The van der Waals surface area contributed by atoms with Crippen LogP contribution in [0, 0.1) is 0 Å². The number of nitrogens with zero attached hydrogens (tertiary/aromatic N) is 1. The van der Waals surface area contributed by atoms with Crippen molar-refractivity contribution in [2.45, 2.75) is 57.7 Å². The summed E-state index contributed by atoms with van der Waals surface area (Å²) in [4.78, 5) is 13.2. The lowest BCUT2D eigenvalue weighted by Crippen LogP contribution is -2.30. The third-order valence-electron chi connectivity index (χ3n) is 6.57. The molecule has 0 aliphatic heterocycles. The van der Waals surface area contributed by atoms with Gasteiger partial charge in [0.1, 0.15) is 5.75 Å². The van der Waals surface area contributed by atoms with Crippen LogP contribution in [0.25, 0.3) is 0 Å². The SMILES string of the molecule is CCCC[C@H](CN(CCCOc1cccc(CC(=O)O)c1)Cc1cccc(C(F)(F)F)c1Cl)c1ccccc1. The highest BCUT2D eigenvalue weighted by Crippen LogP contribution is 2.37. The fraction of sp³-hybridized carbons (Fsp3) is 0.387. The first-order valence-electron chi connectivity index (χ1n) is 13.2. The number of hydrogen-bond acceptors (Lipinski definition) is 3. The van der Waals surface area contributed by atoms with Gasteiger partial charge in [0.2, 0.25) is 0 Å². The van der Waals surface area contributed by atoms with Crippen molar-refractivity contribution in [2.75, 3.05) is 19.7 Å². The number of unbranched alkanes of at least 4 members (excludes halogenated alkanes) is 1. The molecule has 0 bridgehead atoms. The monoisotopic (exact) mass is 561 g/mol. The first kappa shape index (κ1) is 30.5. The molecule has 39 heavy (non-hydrogen) atoms. The van der Waals surface area contributed by atoms with Crippen molar-refractivity contribution < 1.29 is 27.8 Å². The van der Waals surface area contributed by atoms with Crippen LogP contribution in [-0.4, -0.2) is 35.7 Å². The Hall–Kier alpha value is -3.03. The molecule has 0 aromatic heterocycles. The normalized spacial score (nSPS) is 12.5. The van der Waals surface area contributed by atoms with Crippen LogP contribution in [-0.2, 0) is 23.9 Å². The average molecular weight is 562 g/mol. The van der Waals surface area contributed by atoms with E-state index in [2.05, 4.69) is 24.0 Å². The number of ether oxygens (including phenoxy) is 1. The van der Waals surface area contributed by atoms with Gasteiger partial charge in [-0.1, -0.05) is 86.0 Å². The number of carbonyl (C=O) groups is 1. The zero-order valence-electron chi connectivity index (χ0n) is 22.1. The highest BCUT2D eigenvalue weighted by atomic mass is 35.5. The lowest BCUT2D eigenvalue weighted by Gasteiger charge is -2.29. The van der Waals surface area contributed by atoms with Crippen LogP contribution in [0.2, 0.25) is 5.02 Å². The Morgan fingerprint density at radius 2 is 1.77 bits per heavy atom. The highest BCUT2D eigenvalue weighted by Gasteiger charge is 2.34. The van der Waals surface area contributed by atoms with E-state index in [0.29, 0.717) is 43.0 Å². The van der Waals surface area contributed by atoms with Crippen LogP contribution >= 0.6 is 11.6 Å².